The highest BCUT2D eigenvalue weighted by molar-refractivity contribution is 6.16. The second kappa shape index (κ2) is 12.2. The standard InChI is InChI=1S/C57H44N2/c1-33-32-38(49-51-41-17-9-7-15-35(41)28-31-47(51)59-55-43-19-11-13-21-45(43)57(4,5)53(49)55)26-29-39(33)36-22-24-37(25-23-36)48-50-40-16-8-6-14-34(40)27-30-46(50)58-54-42-18-10-12-20-44(42)56(2,3)52(48)54/h6-33,39H,1-5H3. The van der Waals surface area contributed by atoms with Gasteiger partial charge < -0.3 is 0 Å². The molecule has 0 saturated heterocycles. The van der Waals surface area contributed by atoms with Crippen molar-refractivity contribution in [2.45, 2.75) is 51.4 Å². The number of allylic oxidation sites excluding steroid dienone is 4. The number of pyridine rings is 2. The Balaban J connectivity index is 0.996. The Morgan fingerprint density at radius 2 is 0.983 bits per heavy atom. The molecular formula is C57H44N2. The molecule has 0 radical (unpaired) electrons. The van der Waals surface area contributed by atoms with Crippen LogP contribution in [0.4, 0.5) is 0 Å². The number of fused-ring (bicyclic) bond motifs is 12. The summed E-state index contributed by atoms with van der Waals surface area (Å²) in [4.78, 5) is 10.9. The van der Waals surface area contributed by atoms with Crippen LogP contribution < -0.4 is 0 Å². The van der Waals surface area contributed by atoms with Gasteiger partial charge in [0.1, 0.15) is 0 Å². The zero-order valence-electron chi connectivity index (χ0n) is 34.1. The van der Waals surface area contributed by atoms with Crippen molar-refractivity contribution in [3.05, 3.63) is 197 Å². The van der Waals surface area contributed by atoms with E-state index in [1.807, 2.05) is 0 Å². The van der Waals surface area contributed by atoms with E-state index < -0.39 is 0 Å². The molecule has 282 valence electrons. The van der Waals surface area contributed by atoms with E-state index in [2.05, 4.69) is 198 Å². The van der Waals surface area contributed by atoms with Crippen LogP contribution >= 0.6 is 0 Å². The molecule has 9 aromatic rings. The number of rotatable bonds is 3. The van der Waals surface area contributed by atoms with Crippen LogP contribution in [0.15, 0.2) is 164 Å². The highest BCUT2D eigenvalue weighted by Crippen LogP contribution is 2.56. The maximum Gasteiger partial charge on any atom is 0.0759 e. The normalized spacial score (nSPS) is 18.2. The topological polar surface area (TPSA) is 25.8 Å². The first-order valence-electron chi connectivity index (χ1n) is 21.1. The van der Waals surface area contributed by atoms with Crippen LogP contribution in [-0.4, -0.2) is 9.97 Å². The number of hydrogen-bond donors (Lipinski definition) is 0. The third-order valence-electron chi connectivity index (χ3n) is 14.1. The number of aromatic nitrogens is 2. The molecule has 0 amide bonds. The number of hydrogen-bond acceptors (Lipinski definition) is 2. The van der Waals surface area contributed by atoms with Crippen molar-refractivity contribution in [2.75, 3.05) is 0 Å². The van der Waals surface area contributed by atoms with Gasteiger partial charge in [0, 0.05) is 38.6 Å². The fraction of sp³-hybridized carbons (Fsp3) is 0.158. The molecular weight excluding hydrogens is 713 g/mol. The highest BCUT2D eigenvalue weighted by atomic mass is 14.7. The first-order valence-corrected chi connectivity index (χ1v) is 21.1. The largest absolute Gasteiger partial charge is 0.247 e. The second-order valence-corrected chi connectivity index (χ2v) is 18.1. The third kappa shape index (κ3) is 4.75. The Kier molecular flexibility index (Phi) is 7.11. The molecule has 0 spiro atoms. The van der Waals surface area contributed by atoms with Crippen molar-refractivity contribution in [1.82, 2.24) is 9.97 Å². The Hall–Kier alpha value is -6.64. The summed E-state index contributed by atoms with van der Waals surface area (Å²) >= 11 is 0. The van der Waals surface area contributed by atoms with Gasteiger partial charge in [0.15, 0.2) is 0 Å². The van der Waals surface area contributed by atoms with Crippen LogP contribution in [-0.2, 0) is 10.8 Å². The van der Waals surface area contributed by atoms with Gasteiger partial charge in [0.05, 0.1) is 22.4 Å². The number of benzene rings is 7. The SMILES string of the molecule is CC1C=C(c2c3c(nc4ccc5ccccc5c24)-c2ccccc2C3(C)C)C=CC1c1ccc(-c2c3c(nc4ccc5ccccc5c24)-c2ccccc2C3(C)C)cc1. The molecule has 2 aromatic heterocycles. The molecule has 2 heterocycles. The average molecular weight is 757 g/mol. The van der Waals surface area contributed by atoms with Gasteiger partial charge in [-0.3, -0.25) is 0 Å². The quantitative estimate of drug-likeness (QED) is 0.168. The van der Waals surface area contributed by atoms with Gasteiger partial charge in [-0.1, -0.05) is 186 Å². The first-order chi connectivity index (χ1) is 28.7. The molecule has 3 aliphatic carbocycles. The Bertz CT molecular complexity index is 3340. The molecule has 3 aliphatic rings. The maximum atomic E-state index is 5.44. The minimum absolute atomic E-state index is 0.192. The summed E-state index contributed by atoms with van der Waals surface area (Å²) in [5.74, 6) is 0.530. The van der Waals surface area contributed by atoms with Gasteiger partial charge in [-0.15, -0.1) is 0 Å². The lowest BCUT2D eigenvalue weighted by Crippen LogP contribution is -2.18. The van der Waals surface area contributed by atoms with Gasteiger partial charge in [0.25, 0.3) is 0 Å². The lowest BCUT2D eigenvalue weighted by molar-refractivity contribution is 0.636. The first kappa shape index (κ1) is 34.4. The van der Waals surface area contributed by atoms with Crippen LogP contribution in [0, 0.1) is 5.92 Å². The van der Waals surface area contributed by atoms with Crippen LogP contribution in [0.1, 0.15) is 73.9 Å². The zero-order chi connectivity index (χ0) is 39.8. The van der Waals surface area contributed by atoms with Crippen LogP contribution in [0.2, 0.25) is 0 Å². The summed E-state index contributed by atoms with van der Waals surface area (Å²) in [6.07, 6.45) is 7.40. The second-order valence-electron chi connectivity index (χ2n) is 18.1. The van der Waals surface area contributed by atoms with E-state index in [-0.39, 0.29) is 22.7 Å². The Morgan fingerprint density at radius 1 is 0.492 bits per heavy atom. The lowest BCUT2D eigenvalue weighted by atomic mass is 9.75. The van der Waals surface area contributed by atoms with E-state index in [1.54, 1.807) is 0 Å². The predicted molar refractivity (Wildman–Crippen MR) is 248 cm³/mol. The number of nitrogens with zero attached hydrogens (tertiary/aromatic N) is 2. The summed E-state index contributed by atoms with van der Waals surface area (Å²) in [5.41, 5.74) is 18.3. The average Bonchev–Trinajstić information content (AvgIpc) is 3.64. The molecule has 2 atom stereocenters. The van der Waals surface area contributed by atoms with Gasteiger partial charge in [0.2, 0.25) is 0 Å². The van der Waals surface area contributed by atoms with Crippen molar-refractivity contribution in [2.24, 2.45) is 5.92 Å². The monoisotopic (exact) mass is 756 g/mol. The fourth-order valence-corrected chi connectivity index (χ4v) is 11.3. The minimum Gasteiger partial charge on any atom is -0.247 e. The van der Waals surface area contributed by atoms with Crippen molar-refractivity contribution in [3.8, 4) is 33.6 Å². The van der Waals surface area contributed by atoms with Gasteiger partial charge in [-0.2, -0.15) is 0 Å². The van der Waals surface area contributed by atoms with E-state index >= 15 is 0 Å². The smallest absolute Gasteiger partial charge is 0.0759 e. The van der Waals surface area contributed by atoms with Gasteiger partial charge in [-0.25, -0.2) is 9.97 Å². The van der Waals surface area contributed by atoms with E-state index in [4.69, 9.17) is 9.97 Å². The van der Waals surface area contributed by atoms with Crippen molar-refractivity contribution in [1.29, 1.82) is 0 Å². The Morgan fingerprint density at radius 3 is 1.54 bits per heavy atom. The summed E-state index contributed by atoms with van der Waals surface area (Å²) in [6, 6.07) is 53.7. The summed E-state index contributed by atoms with van der Waals surface area (Å²) in [5, 5.41) is 7.49. The van der Waals surface area contributed by atoms with Crippen molar-refractivity contribution < 1.29 is 0 Å². The molecule has 0 saturated carbocycles. The van der Waals surface area contributed by atoms with E-state index in [0.29, 0.717) is 0 Å². The Labute approximate surface area is 345 Å². The summed E-state index contributed by atoms with van der Waals surface area (Å²) in [7, 11) is 0. The molecule has 0 fully saturated rings. The molecule has 0 aliphatic heterocycles. The predicted octanol–water partition coefficient (Wildman–Crippen LogP) is 14.7. The van der Waals surface area contributed by atoms with Crippen LogP contribution in [0.5, 0.6) is 0 Å². The van der Waals surface area contributed by atoms with Gasteiger partial charge >= 0.3 is 0 Å². The molecule has 2 unspecified atom stereocenters. The van der Waals surface area contributed by atoms with Gasteiger partial charge in [-0.05, 0) is 89.7 Å². The molecule has 12 rings (SSSR count). The molecule has 7 aromatic carbocycles. The maximum absolute atomic E-state index is 5.44. The molecule has 2 heteroatoms. The molecule has 0 bridgehead atoms. The summed E-state index contributed by atoms with van der Waals surface area (Å²) < 4.78 is 0. The minimum atomic E-state index is -0.196. The van der Waals surface area contributed by atoms with Crippen LogP contribution in [0.3, 0.4) is 0 Å². The van der Waals surface area contributed by atoms with E-state index in [9.17, 15) is 0 Å². The molecule has 2 nitrogen and oxygen atoms in total. The lowest BCUT2D eigenvalue weighted by Gasteiger charge is -2.29. The molecule has 59 heavy (non-hydrogen) atoms. The highest BCUT2D eigenvalue weighted by Gasteiger charge is 2.41. The zero-order valence-corrected chi connectivity index (χ0v) is 34.1. The fourth-order valence-electron chi connectivity index (χ4n) is 11.3. The summed E-state index contributed by atoms with van der Waals surface area (Å²) in [6.45, 7) is 11.9. The van der Waals surface area contributed by atoms with Crippen molar-refractivity contribution in [3.63, 3.8) is 0 Å². The molecule has 0 N–H and O–H groups in total. The van der Waals surface area contributed by atoms with Crippen molar-refractivity contribution >= 4 is 48.9 Å². The third-order valence-corrected chi connectivity index (χ3v) is 14.1. The van der Waals surface area contributed by atoms with E-state index in [0.717, 1.165) is 22.4 Å². The van der Waals surface area contributed by atoms with Crippen LogP contribution in [0.25, 0.3) is 82.6 Å². The van der Waals surface area contributed by atoms with E-state index in [1.165, 1.54) is 93.5 Å².